The Hall–Kier alpha value is -0.0857. The van der Waals surface area contributed by atoms with Crippen LogP contribution in [0.5, 0.6) is 0 Å². The normalized spacial score (nSPS) is 22.8. The number of hydrogen-bond acceptors (Lipinski definition) is 3. The fraction of sp³-hybridized carbons (Fsp3) is 0.500. The second-order valence-electron chi connectivity index (χ2n) is 5.81. The SMILES string of the molecule is [CH2-][Si](C)(c1ccccc1)C1N(C)CN(C)CN1C.[Li+]. The van der Waals surface area contributed by atoms with E-state index in [1.165, 1.54) is 5.19 Å². The molecular weight excluding hydrogens is 245 g/mol. The summed E-state index contributed by atoms with van der Waals surface area (Å²) in [7, 11) is 4.81. The quantitative estimate of drug-likeness (QED) is 0.452. The van der Waals surface area contributed by atoms with Gasteiger partial charge in [-0.25, -0.2) is 0 Å². The molecule has 1 aliphatic rings. The van der Waals surface area contributed by atoms with Crippen LogP contribution >= 0.6 is 0 Å². The molecule has 100 valence electrons. The molecule has 1 fully saturated rings. The molecular formula is C14H24LiN3Si. The maximum absolute atomic E-state index is 4.63. The van der Waals surface area contributed by atoms with Crippen molar-refractivity contribution in [1.29, 1.82) is 0 Å². The molecule has 0 N–H and O–H groups in total. The first-order valence-corrected chi connectivity index (χ1v) is 9.21. The van der Waals surface area contributed by atoms with Crippen molar-refractivity contribution in [2.24, 2.45) is 0 Å². The van der Waals surface area contributed by atoms with Crippen molar-refractivity contribution < 1.29 is 18.9 Å². The first-order chi connectivity index (χ1) is 8.43. The first-order valence-electron chi connectivity index (χ1n) is 6.43. The van der Waals surface area contributed by atoms with Crippen LogP contribution in [0.25, 0.3) is 0 Å². The summed E-state index contributed by atoms with van der Waals surface area (Å²) in [5, 5.41) is 1.43. The second-order valence-corrected chi connectivity index (χ2v) is 9.74. The van der Waals surface area contributed by atoms with E-state index >= 15 is 0 Å². The molecule has 2 rings (SSSR count). The number of nitrogens with zero attached hydrogens (tertiary/aromatic N) is 3. The molecule has 0 spiro atoms. The molecule has 1 atom stereocenters. The predicted molar refractivity (Wildman–Crippen MR) is 79.9 cm³/mol. The Morgan fingerprint density at radius 3 is 2.00 bits per heavy atom. The van der Waals surface area contributed by atoms with Gasteiger partial charge in [0.15, 0.2) is 0 Å². The zero-order valence-electron chi connectivity index (χ0n) is 12.9. The molecule has 0 aromatic heterocycles. The van der Waals surface area contributed by atoms with Crippen LogP contribution in [0.15, 0.2) is 30.3 Å². The van der Waals surface area contributed by atoms with Gasteiger partial charge in [0.2, 0.25) is 0 Å². The third-order valence-electron chi connectivity index (χ3n) is 3.77. The van der Waals surface area contributed by atoms with Crippen molar-refractivity contribution in [2.45, 2.75) is 12.3 Å². The molecule has 1 aromatic rings. The van der Waals surface area contributed by atoms with E-state index < -0.39 is 8.07 Å². The molecule has 1 heterocycles. The zero-order valence-corrected chi connectivity index (χ0v) is 13.9. The monoisotopic (exact) mass is 269 g/mol. The summed E-state index contributed by atoms with van der Waals surface area (Å²) in [6, 6.07) is 10.8. The Morgan fingerprint density at radius 2 is 1.53 bits per heavy atom. The minimum atomic E-state index is -1.76. The van der Waals surface area contributed by atoms with Gasteiger partial charge < -0.3 is 6.55 Å². The Bertz CT molecular complexity index is 387. The van der Waals surface area contributed by atoms with Crippen LogP contribution in [0.3, 0.4) is 0 Å². The number of rotatable bonds is 2. The van der Waals surface area contributed by atoms with Crippen molar-refractivity contribution >= 4 is 13.3 Å². The standard InChI is InChI=1S/C14H24N3Si.Li/c1-15-11-16(2)14(17(3)12-15)18(4,5)13-9-7-6-8-10-13;/h6-10,14H,4,11-12H2,1-3,5H3;/q-1;+1. The molecule has 0 bridgehead atoms. The van der Waals surface area contributed by atoms with E-state index in [9.17, 15) is 0 Å². The molecule has 0 aliphatic carbocycles. The minimum absolute atomic E-state index is 0. The van der Waals surface area contributed by atoms with Crippen molar-refractivity contribution in [3.63, 3.8) is 0 Å². The van der Waals surface area contributed by atoms with Crippen molar-refractivity contribution in [2.75, 3.05) is 34.5 Å². The van der Waals surface area contributed by atoms with Crippen LogP contribution in [-0.2, 0) is 0 Å². The van der Waals surface area contributed by atoms with E-state index in [1.54, 1.807) is 0 Å². The van der Waals surface area contributed by atoms with Gasteiger partial charge in [-0.1, -0.05) is 42.1 Å². The summed E-state index contributed by atoms with van der Waals surface area (Å²) in [5.74, 6) is 0.455. The largest absolute Gasteiger partial charge is 1.00 e. The van der Waals surface area contributed by atoms with Crippen LogP contribution < -0.4 is 24.0 Å². The molecule has 0 saturated carbocycles. The van der Waals surface area contributed by atoms with E-state index in [0.717, 1.165) is 13.3 Å². The molecule has 1 saturated heterocycles. The average molecular weight is 269 g/mol. The van der Waals surface area contributed by atoms with Crippen LogP contribution in [0.4, 0.5) is 0 Å². The van der Waals surface area contributed by atoms with Gasteiger partial charge in [-0.15, -0.1) is 0 Å². The summed E-state index contributed by atoms with van der Waals surface area (Å²) in [4.78, 5) is 7.18. The van der Waals surface area contributed by atoms with Gasteiger partial charge in [0.05, 0.1) is 13.3 Å². The van der Waals surface area contributed by atoms with Crippen LogP contribution in [0, 0.1) is 6.55 Å². The topological polar surface area (TPSA) is 9.72 Å². The van der Waals surface area contributed by atoms with Gasteiger partial charge in [0.1, 0.15) is 0 Å². The minimum Gasteiger partial charge on any atom is -0.335 e. The summed E-state index contributed by atoms with van der Waals surface area (Å²) < 4.78 is 0. The van der Waals surface area contributed by atoms with Gasteiger partial charge in [0, 0.05) is 5.79 Å². The summed E-state index contributed by atoms with van der Waals surface area (Å²) in [6.45, 7) is 9.02. The molecule has 5 heteroatoms. The van der Waals surface area contributed by atoms with E-state index in [0.29, 0.717) is 5.79 Å². The van der Waals surface area contributed by atoms with Gasteiger partial charge >= 0.3 is 18.9 Å². The third-order valence-corrected chi connectivity index (χ3v) is 7.44. The Morgan fingerprint density at radius 1 is 1.05 bits per heavy atom. The fourth-order valence-corrected chi connectivity index (χ4v) is 6.60. The zero-order chi connectivity index (χ0) is 13.3. The molecule has 1 aromatic carbocycles. The fourth-order valence-electron chi connectivity index (χ4n) is 3.24. The van der Waals surface area contributed by atoms with E-state index in [2.05, 4.69) is 79.3 Å². The van der Waals surface area contributed by atoms with E-state index in [4.69, 9.17) is 0 Å². The first kappa shape index (κ1) is 17.0. The van der Waals surface area contributed by atoms with E-state index in [1.807, 2.05) is 0 Å². The maximum atomic E-state index is 4.63. The second kappa shape index (κ2) is 6.58. The van der Waals surface area contributed by atoms with Crippen LogP contribution in [-0.4, -0.2) is 63.0 Å². The molecule has 0 radical (unpaired) electrons. The molecule has 1 aliphatic heterocycles. The smallest absolute Gasteiger partial charge is 0.335 e. The number of benzene rings is 1. The van der Waals surface area contributed by atoms with Gasteiger partial charge in [-0.3, -0.25) is 14.7 Å². The van der Waals surface area contributed by atoms with Crippen molar-refractivity contribution in [1.82, 2.24) is 14.7 Å². The van der Waals surface area contributed by atoms with Gasteiger partial charge in [-0.05, 0) is 29.2 Å². The summed E-state index contributed by atoms with van der Waals surface area (Å²) in [5.41, 5.74) is 0. The number of hydrogen-bond donors (Lipinski definition) is 0. The van der Waals surface area contributed by atoms with E-state index in [-0.39, 0.29) is 18.9 Å². The molecule has 19 heavy (non-hydrogen) atoms. The van der Waals surface area contributed by atoms with Crippen LogP contribution in [0.1, 0.15) is 0 Å². The Labute approximate surface area is 130 Å². The maximum Gasteiger partial charge on any atom is 1.00 e. The van der Waals surface area contributed by atoms with Crippen molar-refractivity contribution in [3.8, 4) is 0 Å². The summed E-state index contributed by atoms with van der Waals surface area (Å²) >= 11 is 0. The van der Waals surface area contributed by atoms with Crippen molar-refractivity contribution in [3.05, 3.63) is 36.9 Å². The molecule has 0 amide bonds. The Kier molecular flexibility index (Phi) is 5.87. The molecule has 1 unspecified atom stereocenters. The average Bonchev–Trinajstić information content (AvgIpc) is 2.28. The predicted octanol–water partition coefficient (Wildman–Crippen LogP) is -2.06. The summed E-state index contributed by atoms with van der Waals surface area (Å²) in [6.07, 6.45) is 0. The third kappa shape index (κ3) is 3.52. The Balaban J connectivity index is 0.00000180. The molecule has 3 nitrogen and oxygen atoms in total. The van der Waals surface area contributed by atoms with Gasteiger partial charge in [0.25, 0.3) is 0 Å². The van der Waals surface area contributed by atoms with Crippen LogP contribution in [0.2, 0.25) is 6.55 Å². The van der Waals surface area contributed by atoms with Gasteiger partial charge in [-0.2, -0.15) is 0 Å².